The van der Waals surface area contributed by atoms with Crippen LogP contribution in [0.25, 0.3) is 0 Å². The molecular formula is C21H25NO4. The van der Waals surface area contributed by atoms with Crippen molar-refractivity contribution in [1.29, 1.82) is 0 Å². The molecule has 0 saturated carbocycles. The van der Waals surface area contributed by atoms with E-state index in [2.05, 4.69) is 31.8 Å². The van der Waals surface area contributed by atoms with Gasteiger partial charge in [0.25, 0.3) is 5.69 Å². The van der Waals surface area contributed by atoms with E-state index in [0.29, 0.717) is 6.42 Å². The summed E-state index contributed by atoms with van der Waals surface area (Å²) in [6.07, 6.45) is 6.18. The number of nitro benzene ring substituents is 1. The summed E-state index contributed by atoms with van der Waals surface area (Å²) in [4.78, 5) is 22.5. The van der Waals surface area contributed by atoms with Crippen LogP contribution in [0.4, 0.5) is 5.69 Å². The maximum Gasteiger partial charge on any atom is 0.339 e. The Labute approximate surface area is 154 Å². The van der Waals surface area contributed by atoms with Gasteiger partial charge >= 0.3 is 5.97 Å². The number of benzene rings is 1. The van der Waals surface area contributed by atoms with E-state index in [1.165, 1.54) is 24.3 Å². The van der Waals surface area contributed by atoms with Crippen LogP contribution in [0.2, 0.25) is 0 Å². The van der Waals surface area contributed by atoms with Crippen LogP contribution in [0.5, 0.6) is 0 Å². The van der Waals surface area contributed by atoms with Gasteiger partial charge in [0.1, 0.15) is 0 Å². The maximum atomic E-state index is 12.3. The first-order valence-corrected chi connectivity index (χ1v) is 8.86. The highest BCUT2D eigenvalue weighted by Crippen LogP contribution is 2.29. The van der Waals surface area contributed by atoms with Crippen molar-refractivity contribution in [1.82, 2.24) is 0 Å². The zero-order chi connectivity index (χ0) is 19.2. The fourth-order valence-electron chi connectivity index (χ4n) is 2.81. The lowest BCUT2D eigenvalue weighted by Gasteiger charge is -2.22. The number of hydrogen-bond acceptors (Lipinski definition) is 4. The van der Waals surface area contributed by atoms with Crippen molar-refractivity contribution in [3.63, 3.8) is 0 Å². The van der Waals surface area contributed by atoms with Gasteiger partial charge in [-0.05, 0) is 43.7 Å². The van der Waals surface area contributed by atoms with Gasteiger partial charge in [0, 0.05) is 25.0 Å². The number of hydrogen-bond donors (Lipinski definition) is 0. The lowest BCUT2D eigenvalue weighted by molar-refractivity contribution is -0.384. The first-order chi connectivity index (χ1) is 12.3. The molecule has 1 unspecified atom stereocenters. The second kappa shape index (κ2) is 8.66. The number of nitrogens with zero attached hydrogens (tertiary/aromatic N) is 1. The van der Waals surface area contributed by atoms with Gasteiger partial charge in [-0.2, -0.15) is 0 Å². The molecule has 0 heterocycles. The molecular weight excluding hydrogens is 330 g/mol. The standard InChI is InChI=1S/C21H25NO4/c1-16-12-14-21(2,3)13-6-4-5-7-19(15-16)26-20(23)17-8-10-18(11-9-17)22(24)25/h8-12,19H,4,6,13-15H2,1-3H3/b16-12+. The molecule has 0 spiro atoms. The zero-order valence-electron chi connectivity index (χ0n) is 15.6. The van der Waals surface area contributed by atoms with Crippen molar-refractivity contribution < 1.29 is 14.5 Å². The molecule has 1 aromatic rings. The highest BCUT2D eigenvalue weighted by atomic mass is 16.6. The molecule has 1 atom stereocenters. The average Bonchev–Trinajstić information content (AvgIpc) is 2.61. The number of ether oxygens (including phenoxy) is 1. The van der Waals surface area contributed by atoms with E-state index >= 15 is 0 Å². The van der Waals surface area contributed by atoms with E-state index in [0.717, 1.165) is 31.3 Å². The highest BCUT2D eigenvalue weighted by molar-refractivity contribution is 5.89. The molecule has 0 amide bonds. The molecule has 0 radical (unpaired) electrons. The van der Waals surface area contributed by atoms with E-state index in [4.69, 9.17) is 4.74 Å². The molecule has 1 aliphatic carbocycles. The Balaban J connectivity index is 2.10. The van der Waals surface area contributed by atoms with Crippen molar-refractivity contribution in [2.75, 3.05) is 0 Å². The number of non-ortho nitro benzene ring substituents is 1. The van der Waals surface area contributed by atoms with E-state index in [9.17, 15) is 14.9 Å². The monoisotopic (exact) mass is 355 g/mol. The highest BCUT2D eigenvalue weighted by Gasteiger charge is 2.19. The summed E-state index contributed by atoms with van der Waals surface area (Å²) in [5.74, 6) is 5.68. The quantitative estimate of drug-likeness (QED) is 0.250. The summed E-state index contributed by atoms with van der Waals surface area (Å²) in [5, 5.41) is 10.7. The molecule has 0 N–H and O–H groups in total. The van der Waals surface area contributed by atoms with Crippen LogP contribution in [0.1, 0.15) is 63.2 Å². The second-order valence-corrected chi connectivity index (χ2v) is 7.50. The average molecular weight is 355 g/mol. The fraction of sp³-hybridized carbons (Fsp3) is 0.476. The second-order valence-electron chi connectivity index (χ2n) is 7.50. The van der Waals surface area contributed by atoms with E-state index in [1.807, 2.05) is 6.92 Å². The first-order valence-electron chi connectivity index (χ1n) is 8.86. The number of esters is 1. The lowest BCUT2D eigenvalue weighted by atomic mass is 9.83. The number of nitro groups is 1. The smallest absolute Gasteiger partial charge is 0.339 e. The van der Waals surface area contributed by atoms with Crippen LogP contribution in [0.15, 0.2) is 35.9 Å². The number of rotatable bonds is 3. The van der Waals surface area contributed by atoms with Crippen molar-refractivity contribution in [2.45, 2.75) is 59.0 Å². The molecule has 1 aliphatic rings. The van der Waals surface area contributed by atoms with Gasteiger partial charge in [-0.3, -0.25) is 10.1 Å². The first kappa shape index (κ1) is 19.7. The molecule has 138 valence electrons. The third-order valence-corrected chi connectivity index (χ3v) is 4.49. The predicted octanol–water partition coefficient (Wildman–Crippen LogP) is 5.06. The Bertz CT molecular complexity index is 750. The molecule has 26 heavy (non-hydrogen) atoms. The SMILES string of the molecule is C/C1=C\CC(C)(C)CCCC#CC(OC(=O)c2ccc([N+](=O)[O-])cc2)C1. The fourth-order valence-corrected chi connectivity index (χ4v) is 2.81. The van der Waals surface area contributed by atoms with Gasteiger partial charge in [0.2, 0.25) is 0 Å². The summed E-state index contributed by atoms with van der Waals surface area (Å²) in [7, 11) is 0. The number of carbonyl (C=O) groups is 1. The summed E-state index contributed by atoms with van der Waals surface area (Å²) in [5.41, 5.74) is 1.63. The van der Waals surface area contributed by atoms with Crippen LogP contribution in [-0.4, -0.2) is 17.0 Å². The summed E-state index contributed by atoms with van der Waals surface area (Å²) in [6, 6.07) is 5.41. The number of allylic oxidation sites excluding steroid dienone is 1. The largest absolute Gasteiger partial charge is 0.445 e. The molecule has 0 aliphatic heterocycles. The van der Waals surface area contributed by atoms with Crippen LogP contribution in [0.3, 0.4) is 0 Å². The molecule has 5 heteroatoms. The van der Waals surface area contributed by atoms with Crippen LogP contribution in [0, 0.1) is 27.4 Å². The van der Waals surface area contributed by atoms with Gasteiger partial charge in [-0.15, -0.1) is 0 Å². The molecule has 5 nitrogen and oxygen atoms in total. The van der Waals surface area contributed by atoms with Gasteiger partial charge in [0.15, 0.2) is 6.10 Å². The number of carbonyl (C=O) groups excluding carboxylic acids is 1. The molecule has 0 bridgehead atoms. The Hall–Kier alpha value is -2.61. The van der Waals surface area contributed by atoms with Gasteiger partial charge in [-0.25, -0.2) is 4.79 Å². The Morgan fingerprint density at radius 2 is 2.00 bits per heavy atom. The molecule has 1 aromatic carbocycles. The van der Waals surface area contributed by atoms with Crippen LogP contribution < -0.4 is 0 Å². The van der Waals surface area contributed by atoms with Crippen LogP contribution in [-0.2, 0) is 4.74 Å². The van der Waals surface area contributed by atoms with Crippen LogP contribution >= 0.6 is 0 Å². The third-order valence-electron chi connectivity index (χ3n) is 4.49. The van der Waals surface area contributed by atoms with E-state index in [1.54, 1.807) is 0 Å². The molecule has 0 fully saturated rings. The van der Waals surface area contributed by atoms with E-state index in [-0.39, 0.29) is 16.7 Å². The van der Waals surface area contributed by atoms with E-state index < -0.39 is 17.0 Å². The Kier molecular flexibility index (Phi) is 6.57. The van der Waals surface area contributed by atoms with Gasteiger partial charge in [0.05, 0.1) is 10.5 Å². The van der Waals surface area contributed by atoms with Crippen molar-refractivity contribution in [3.8, 4) is 11.8 Å². The van der Waals surface area contributed by atoms with Gasteiger partial charge < -0.3 is 4.74 Å². The van der Waals surface area contributed by atoms with Crippen molar-refractivity contribution in [2.24, 2.45) is 5.41 Å². The summed E-state index contributed by atoms with van der Waals surface area (Å²) in [6.45, 7) is 6.55. The molecule has 0 aromatic heterocycles. The minimum Gasteiger partial charge on any atom is -0.445 e. The summed E-state index contributed by atoms with van der Waals surface area (Å²) < 4.78 is 5.55. The topological polar surface area (TPSA) is 69.4 Å². The normalized spacial score (nSPS) is 22.0. The Morgan fingerprint density at radius 1 is 1.31 bits per heavy atom. The molecule has 2 rings (SSSR count). The maximum absolute atomic E-state index is 12.3. The summed E-state index contributed by atoms with van der Waals surface area (Å²) >= 11 is 0. The van der Waals surface area contributed by atoms with Crippen molar-refractivity contribution in [3.05, 3.63) is 51.6 Å². The lowest BCUT2D eigenvalue weighted by Crippen LogP contribution is -2.17. The van der Waals surface area contributed by atoms with Gasteiger partial charge in [-0.1, -0.05) is 37.3 Å². The minimum absolute atomic E-state index is 0.0577. The third kappa shape index (κ3) is 6.03. The predicted molar refractivity (Wildman–Crippen MR) is 101 cm³/mol. The minimum atomic E-state index is -0.512. The molecule has 0 saturated heterocycles. The van der Waals surface area contributed by atoms with Crippen molar-refractivity contribution >= 4 is 11.7 Å². The Morgan fingerprint density at radius 3 is 2.65 bits per heavy atom. The zero-order valence-corrected chi connectivity index (χ0v) is 15.6.